The van der Waals surface area contributed by atoms with Gasteiger partial charge in [0, 0.05) is 5.75 Å². The van der Waals surface area contributed by atoms with Gasteiger partial charge in [0.15, 0.2) is 0 Å². The minimum Gasteiger partial charge on any atom is -0.497 e. The lowest BCUT2D eigenvalue weighted by molar-refractivity contribution is 0.413. The maximum Gasteiger partial charge on any atom is 0.488 e. The maximum absolute atomic E-state index is 9.31. The largest absolute Gasteiger partial charge is 0.497 e. The molecule has 0 heterocycles. The van der Waals surface area contributed by atoms with Gasteiger partial charge < -0.3 is 14.8 Å². The second-order valence-electron chi connectivity index (χ2n) is 4.20. The average molecular weight is 268 g/mol. The number of thioether (sulfide) groups is 1. The third-order valence-corrected chi connectivity index (χ3v) is 3.87. The number of methoxy groups -OCH3 is 1. The van der Waals surface area contributed by atoms with Crippen molar-refractivity contribution < 1.29 is 14.8 Å². The first-order valence-corrected chi connectivity index (χ1v) is 7.45. The summed E-state index contributed by atoms with van der Waals surface area (Å²) in [5.74, 6) is 2.64. The van der Waals surface area contributed by atoms with Crippen LogP contribution in [0.4, 0.5) is 0 Å². The summed E-state index contributed by atoms with van der Waals surface area (Å²) in [4.78, 5) is 0. The van der Waals surface area contributed by atoms with Gasteiger partial charge in [0.2, 0.25) is 0 Å². The summed E-state index contributed by atoms with van der Waals surface area (Å²) in [6.07, 6.45) is 3.68. The zero-order chi connectivity index (χ0) is 13.4. The van der Waals surface area contributed by atoms with Gasteiger partial charge in [-0.3, -0.25) is 0 Å². The summed E-state index contributed by atoms with van der Waals surface area (Å²) in [6.45, 7) is 2.19. The quantitative estimate of drug-likeness (QED) is 0.557. The van der Waals surface area contributed by atoms with Crippen LogP contribution in [0.1, 0.15) is 31.7 Å². The molecule has 0 bridgehead atoms. The van der Waals surface area contributed by atoms with E-state index in [1.165, 1.54) is 19.3 Å². The molecule has 100 valence electrons. The Hall–Kier alpha value is -0.645. The fraction of sp³-hybridized carbons (Fsp3) is 0.538. The molecule has 0 spiro atoms. The van der Waals surface area contributed by atoms with Gasteiger partial charge >= 0.3 is 7.12 Å². The van der Waals surface area contributed by atoms with Gasteiger partial charge in [-0.2, -0.15) is 11.8 Å². The standard InChI is InChI=1S/C13H21BO3S/c1-3-4-5-8-18-10-11-9-12(17-2)6-7-13(11)14(15)16/h6-7,9,15-16H,3-5,8,10H2,1-2H3. The average Bonchev–Trinajstić information content (AvgIpc) is 2.38. The molecule has 2 N–H and O–H groups in total. The van der Waals surface area contributed by atoms with Crippen LogP contribution in [0.3, 0.4) is 0 Å². The van der Waals surface area contributed by atoms with Crippen LogP contribution in [0.2, 0.25) is 0 Å². The summed E-state index contributed by atoms with van der Waals surface area (Å²) >= 11 is 1.82. The van der Waals surface area contributed by atoms with E-state index in [-0.39, 0.29) is 0 Å². The van der Waals surface area contributed by atoms with Gasteiger partial charge in [0.25, 0.3) is 0 Å². The fourth-order valence-electron chi connectivity index (χ4n) is 1.72. The van der Waals surface area contributed by atoms with E-state index in [4.69, 9.17) is 4.74 Å². The fourth-order valence-corrected chi connectivity index (χ4v) is 2.74. The van der Waals surface area contributed by atoms with Crippen molar-refractivity contribution in [2.75, 3.05) is 12.9 Å². The van der Waals surface area contributed by atoms with Crippen molar-refractivity contribution >= 4 is 24.3 Å². The number of benzene rings is 1. The number of rotatable bonds is 8. The van der Waals surface area contributed by atoms with E-state index in [1.54, 1.807) is 19.2 Å². The van der Waals surface area contributed by atoms with Gasteiger partial charge in [-0.15, -0.1) is 0 Å². The van der Waals surface area contributed by atoms with E-state index in [1.807, 2.05) is 17.8 Å². The van der Waals surface area contributed by atoms with Gasteiger partial charge in [0.1, 0.15) is 5.75 Å². The van der Waals surface area contributed by atoms with Crippen LogP contribution in [0.5, 0.6) is 5.75 Å². The third-order valence-electron chi connectivity index (χ3n) is 2.78. The second kappa shape index (κ2) is 8.46. The van der Waals surface area contributed by atoms with Crippen molar-refractivity contribution in [3.63, 3.8) is 0 Å². The van der Waals surface area contributed by atoms with Crippen molar-refractivity contribution in [1.29, 1.82) is 0 Å². The van der Waals surface area contributed by atoms with Crippen molar-refractivity contribution in [2.24, 2.45) is 0 Å². The molecule has 0 radical (unpaired) electrons. The SMILES string of the molecule is CCCCCSCc1cc(OC)ccc1B(O)O. The van der Waals surface area contributed by atoms with Crippen molar-refractivity contribution in [3.05, 3.63) is 23.8 Å². The molecule has 0 aromatic heterocycles. The topological polar surface area (TPSA) is 49.7 Å². The zero-order valence-corrected chi connectivity index (χ0v) is 11.9. The van der Waals surface area contributed by atoms with E-state index >= 15 is 0 Å². The van der Waals surface area contributed by atoms with Crippen LogP contribution in [-0.2, 0) is 5.75 Å². The Kier molecular flexibility index (Phi) is 7.24. The first kappa shape index (κ1) is 15.4. The van der Waals surface area contributed by atoms with Crippen LogP contribution < -0.4 is 10.2 Å². The molecular weight excluding hydrogens is 247 g/mol. The highest BCUT2D eigenvalue weighted by Crippen LogP contribution is 2.18. The number of unbranched alkanes of at least 4 members (excludes halogenated alkanes) is 2. The summed E-state index contributed by atoms with van der Waals surface area (Å²) in [6, 6.07) is 5.34. The molecule has 0 saturated carbocycles. The molecule has 18 heavy (non-hydrogen) atoms. The maximum atomic E-state index is 9.31. The molecule has 5 heteroatoms. The van der Waals surface area contributed by atoms with Gasteiger partial charge in [-0.05, 0) is 35.3 Å². The highest BCUT2D eigenvalue weighted by atomic mass is 32.2. The second-order valence-corrected chi connectivity index (χ2v) is 5.30. The molecule has 1 rings (SSSR count). The monoisotopic (exact) mass is 268 g/mol. The summed E-state index contributed by atoms with van der Waals surface area (Å²) in [5.41, 5.74) is 1.50. The molecule has 0 atom stereocenters. The number of hydrogen-bond acceptors (Lipinski definition) is 4. The Morgan fingerprint density at radius 2 is 2.06 bits per heavy atom. The van der Waals surface area contributed by atoms with Crippen LogP contribution >= 0.6 is 11.8 Å². The van der Waals surface area contributed by atoms with Crippen molar-refractivity contribution in [3.8, 4) is 5.75 Å². The Balaban J connectivity index is 2.60. The molecule has 0 amide bonds. The Labute approximate surface area is 114 Å². The number of ether oxygens (including phenoxy) is 1. The molecule has 0 fully saturated rings. The molecule has 0 aliphatic carbocycles. The Morgan fingerprint density at radius 1 is 1.28 bits per heavy atom. The molecule has 0 aliphatic rings. The van der Waals surface area contributed by atoms with Crippen molar-refractivity contribution in [2.45, 2.75) is 31.9 Å². The first-order valence-electron chi connectivity index (χ1n) is 6.29. The molecule has 0 unspecified atom stereocenters. The zero-order valence-electron chi connectivity index (χ0n) is 11.1. The predicted octanol–water partition coefficient (Wildman–Crippen LogP) is 1.80. The van der Waals surface area contributed by atoms with Crippen LogP contribution in [-0.4, -0.2) is 30.0 Å². The minimum absolute atomic E-state index is 0.568. The van der Waals surface area contributed by atoms with Gasteiger partial charge in [0.05, 0.1) is 7.11 Å². The lowest BCUT2D eigenvalue weighted by Gasteiger charge is -2.10. The van der Waals surface area contributed by atoms with E-state index in [0.29, 0.717) is 5.46 Å². The highest BCUT2D eigenvalue weighted by Gasteiger charge is 2.16. The molecule has 0 aliphatic heterocycles. The van der Waals surface area contributed by atoms with Crippen LogP contribution in [0.25, 0.3) is 0 Å². The molecule has 1 aromatic rings. The summed E-state index contributed by atoms with van der Waals surface area (Å²) in [7, 11) is 0.199. The lowest BCUT2D eigenvalue weighted by atomic mass is 9.77. The van der Waals surface area contributed by atoms with Crippen molar-refractivity contribution in [1.82, 2.24) is 0 Å². The predicted molar refractivity (Wildman–Crippen MR) is 78.5 cm³/mol. The molecular formula is C13H21BO3S. The smallest absolute Gasteiger partial charge is 0.488 e. The summed E-state index contributed by atoms with van der Waals surface area (Å²) in [5, 5.41) is 18.6. The van der Waals surface area contributed by atoms with Crippen LogP contribution in [0.15, 0.2) is 18.2 Å². The van der Waals surface area contributed by atoms with E-state index < -0.39 is 7.12 Å². The Morgan fingerprint density at radius 3 is 2.67 bits per heavy atom. The first-order chi connectivity index (χ1) is 8.69. The molecule has 3 nitrogen and oxygen atoms in total. The van der Waals surface area contributed by atoms with Gasteiger partial charge in [-0.1, -0.05) is 25.8 Å². The van der Waals surface area contributed by atoms with Crippen LogP contribution in [0, 0.1) is 0 Å². The third kappa shape index (κ3) is 4.92. The van der Waals surface area contributed by atoms with E-state index in [9.17, 15) is 10.0 Å². The minimum atomic E-state index is -1.41. The summed E-state index contributed by atoms with van der Waals surface area (Å²) < 4.78 is 5.16. The lowest BCUT2D eigenvalue weighted by Crippen LogP contribution is -2.32. The van der Waals surface area contributed by atoms with E-state index in [0.717, 1.165) is 22.8 Å². The Bertz CT molecular complexity index is 358. The van der Waals surface area contributed by atoms with Gasteiger partial charge in [-0.25, -0.2) is 0 Å². The molecule has 1 aromatic carbocycles. The number of hydrogen-bond donors (Lipinski definition) is 2. The van der Waals surface area contributed by atoms with E-state index in [2.05, 4.69) is 6.92 Å². The highest BCUT2D eigenvalue weighted by molar-refractivity contribution is 7.98. The normalized spacial score (nSPS) is 10.4. The molecule has 0 saturated heterocycles.